The van der Waals surface area contributed by atoms with Crippen LogP contribution in [0.25, 0.3) is 0 Å². The maximum absolute atomic E-state index is 10.2. The van der Waals surface area contributed by atoms with Crippen LogP contribution in [0.4, 0.5) is 0 Å². The van der Waals surface area contributed by atoms with Crippen molar-refractivity contribution in [3.8, 4) is 0 Å². The molecule has 0 unspecified atom stereocenters. The second-order valence-corrected chi connectivity index (χ2v) is 4.56. The highest BCUT2D eigenvalue weighted by Crippen LogP contribution is 2.34. The lowest BCUT2D eigenvalue weighted by molar-refractivity contribution is -0.184. The molecule has 0 spiro atoms. The predicted octanol–water partition coefficient (Wildman–Crippen LogP) is 0.816. The molecule has 3 heteroatoms. The van der Waals surface area contributed by atoms with Crippen LogP contribution in [0, 0.1) is 6.92 Å². The Morgan fingerprint density at radius 3 is 2.53 bits per heavy atom. The van der Waals surface area contributed by atoms with Gasteiger partial charge in [-0.1, -0.05) is 12.1 Å². The molecule has 2 aliphatic heterocycles. The monoisotopic (exact) mass is 205 g/mol. The van der Waals surface area contributed by atoms with E-state index < -0.39 is 5.60 Å². The summed E-state index contributed by atoms with van der Waals surface area (Å²) in [4.78, 5) is 0. The second-order valence-electron chi connectivity index (χ2n) is 4.56. The minimum atomic E-state index is -0.734. The van der Waals surface area contributed by atoms with Gasteiger partial charge in [-0.2, -0.15) is 0 Å². The number of aliphatic hydroxyl groups is 1. The first kappa shape index (κ1) is 9.33. The fraction of sp³-hybridized carbons (Fsp3) is 0.500. The molecule has 0 radical (unpaired) electrons. The van der Waals surface area contributed by atoms with Gasteiger partial charge < -0.3 is 15.2 Å². The number of fused-ring (bicyclic) bond motifs is 1. The fourth-order valence-electron chi connectivity index (χ4n) is 2.43. The molecule has 1 fully saturated rings. The largest absolute Gasteiger partial charge is 0.380 e. The van der Waals surface area contributed by atoms with Gasteiger partial charge in [-0.3, -0.25) is 0 Å². The van der Waals surface area contributed by atoms with E-state index in [0.29, 0.717) is 13.2 Å². The lowest BCUT2D eigenvalue weighted by atomic mass is 9.86. The lowest BCUT2D eigenvalue weighted by Crippen LogP contribution is -2.47. The summed E-state index contributed by atoms with van der Waals surface area (Å²) in [6, 6.07) is 4.31. The molecule has 0 aliphatic carbocycles. The molecule has 2 aliphatic rings. The summed E-state index contributed by atoms with van der Waals surface area (Å²) in [7, 11) is 0. The van der Waals surface area contributed by atoms with E-state index in [0.717, 1.165) is 18.7 Å². The van der Waals surface area contributed by atoms with Crippen LogP contribution in [0.15, 0.2) is 12.1 Å². The van der Waals surface area contributed by atoms with Gasteiger partial charge in [0, 0.05) is 13.1 Å². The third-order valence-corrected chi connectivity index (χ3v) is 3.36. The van der Waals surface area contributed by atoms with Crippen LogP contribution in [0.3, 0.4) is 0 Å². The zero-order valence-electron chi connectivity index (χ0n) is 8.84. The summed E-state index contributed by atoms with van der Waals surface area (Å²) >= 11 is 0. The van der Waals surface area contributed by atoms with Crippen molar-refractivity contribution in [1.29, 1.82) is 0 Å². The number of ether oxygens (including phenoxy) is 1. The zero-order valence-corrected chi connectivity index (χ0v) is 8.84. The minimum absolute atomic E-state index is 0.431. The first-order chi connectivity index (χ1) is 7.19. The van der Waals surface area contributed by atoms with Gasteiger partial charge in [0.15, 0.2) is 0 Å². The Hall–Kier alpha value is -0.900. The Balaban J connectivity index is 2.08. The maximum atomic E-state index is 10.2. The number of aryl methyl sites for hydroxylation is 1. The summed E-state index contributed by atoms with van der Waals surface area (Å²) in [5, 5.41) is 13.6. The van der Waals surface area contributed by atoms with Crippen molar-refractivity contribution >= 4 is 0 Å². The quantitative estimate of drug-likeness (QED) is 0.713. The maximum Gasteiger partial charge on any atom is 0.136 e. The van der Waals surface area contributed by atoms with E-state index in [-0.39, 0.29) is 0 Å². The normalized spacial score (nSPS) is 22.3. The molecule has 80 valence electrons. The van der Waals surface area contributed by atoms with E-state index in [1.54, 1.807) is 0 Å². The van der Waals surface area contributed by atoms with Crippen molar-refractivity contribution in [1.82, 2.24) is 5.32 Å². The van der Waals surface area contributed by atoms with Gasteiger partial charge in [-0.05, 0) is 29.2 Å². The van der Waals surface area contributed by atoms with Crippen molar-refractivity contribution in [3.05, 3.63) is 34.4 Å². The van der Waals surface area contributed by atoms with Crippen LogP contribution in [0.2, 0.25) is 0 Å². The number of hydrogen-bond acceptors (Lipinski definition) is 3. The second kappa shape index (κ2) is 3.04. The first-order valence-electron chi connectivity index (χ1n) is 5.33. The highest BCUT2D eigenvalue weighted by molar-refractivity contribution is 5.43. The third-order valence-electron chi connectivity index (χ3n) is 3.36. The highest BCUT2D eigenvalue weighted by atomic mass is 16.5. The van der Waals surface area contributed by atoms with Crippen molar-refractivity contribution in [2.24, 2.45) is 0 Å². The first-order valence-corrected chi connectivity index (χ1v) is 5.33. The molecule has 3 rings (SSSR count). The molecule has 0 bridgehead atoms. The van der Waals surface area contributed by atoms with Gasteiger partial charge in [-0.15, -0.1) is 0 Å². The summed E-state index contributed by atoms with van der Waals surface area (Å²) < 4.78 is 5.10. The summed E-state index contributed by atoms with van der Waals surface area (Å²) in [5.74, 6) is 0. The zero-order chi connectivity index (χ0) is 10.5. The Morgan fingerprint density at radius 1 is 1.27 bits per heavy atom. The molecule has 2 heterocycles. The molecule has 1 saturated heterocycles. The third kappa shape index (κ3) is 1.31. The molecule has 0 atom stereocenters. The van der Waals surface area contributed by atoms with E-state index in [1.165, 1.54) is 16.7 Å². The number of hydrogen-bond donors (Lipinski definition) is 2. The summed E-state index contributed by atoms with van der Waals surface area (Å²) in [5.41, 5.74) is 4.15. The van der Waals surface area contributed by atoms with Crippen molar-refractivity contribution in [2.75, 3.05) is 13.2 Å². The molecule has 1 aromatic carbocycles. The average molecular weight is 205 g/mol. The molecule has 0 aromatic heterocycles. The van der Waals surface area contributed by atoms with Crippen LogP contribution in [0.1, 0.15) is 22.3 Å². The fourth-order valence-corrected chi connectivity index (χ4v) is 2.43. The molecular weight excluding hydrogens is 190 g/mol. The van der Waals surface area contributed by atoms with Crippen molar-refractivity contribution < 1.29 is 9.84 Å². The SMILES string of the molecule is Cc1cc2c(cc1C1(O)COC1)CNC2. The van der Waals surface area contributed by atoms with Crippen LogP contribution in [-0.4, -0.2) is 18.3 Å². The number of nitrogens with one attached hydrogen (secondary N) is 1. The Bertz CT molecular complexity index is 410. The van der Waals surface area contributed by atoms with Crippen LogP contribution < -0.4 is 5.32 Å². The van der Waals surface area contributed by atoms with Gasteiger partial charge in [0.25, 0.3) is 0 Å². The molecular formula is C12H15NO2. The van der Waals surface area contributed by atoms with Gasteiger partial charge in [0.1, 0.15) is 5.60 Å². The van der Waals surface area contributed by atoms with Gasteiger partial charge in [0.2, 0.25) is 0 Å². The van der Waals surface area contributed by atoms with Crippen molar-refractivity contribution in [2.45, 2.75) is 25.6 Å². The standard InChI is InChI=1S/C12H15NO2/c1-8-2-9-4-13-5-10(9)3-11(8)12(14)6-15-7-12/h2-3,13-14H,4-7H2,1H3. The Morgan fingerprint density at radius 2 is 1.93 bits per heavy atom. The molecule has 1 aromatic rings. The van der Waals surface area contributed by atoms with Gasteiger partial charge >= 0.3 is 0 Å². The topological polar surface area (TPSA) is 41.5 Å². The molecule has 2 N–H and O–H groups in total. The lowest BCUT2D eigenvalue weighted by Gasteiger charge is -2.38. The Labute approximate surface area is 89.1 Å². The van der Waals surface area contributed by atoms with E-state index in [9.17, 15) is 5.11 Å². The minimum Gasteiger partial charge on any atom is -0.380 e. The highest BCUT2D eigenvalue weighted by Gasteiger charge is 2.39. The van der Waals surface area contributed by atoms with Crippen molar-refractivity contribution in [3.63, 3.8) is 0 Å². The molecule has 0 saturated carbocycles. The smallest absolute Gasteiger partial charge is 0.136 e. The van der Waals surface area contributed by atoms with Crippen LogP contribution in [-0.2, 0) is 23.4 Å². The van der Waals surface area contributed by atoms with Crippen LogP contribution >= 0.6 is 0 Å². The van der Waals surface area contributed by atoms with E-state index in [4.69, 9.17) is 4.74 Å². The average Bonchev–Trinajstić information content (AvgIpc) is 2.60. The summed E-state index contributed by atoms with van der Waals surface area (Å²) in [6.45, 7) is 4.79. The van der Waals surface area contributed by atoms with E-state index >= 15 is 0 Å². The Kier molecular flexibility index (Phi) is 1.89. The van der Waals surface area contributed by atoms with Gasteiger partial charge in [0.05, 0.1) is 13.2 Å². The van der Waals surface area contributed by atoms with E-state index in [1.807, 2.05) is 0 Å². The molecule has 0 amide bonds. The number of benzene rings is 1. The predicted molar refractivity (Wildman–Crippen MR) is 56.4 cm³/mol. The van der Waals surface area contributed by atoms with E-state index in [2.05, 4.69) is 24.4 Å². The molecule has 15 heavy (non-hydrogen) atoms. The molecule has 3 nitrogen and oxygen atoms in total. The van der Waals surface area contributed by atoms with Gasteiger partial charge in [-0.25, -0.2) is 0 Å². The van der Waals surface area contributed by atoms with Crippen LogP contribution in [0.5, 0.6) is 0 Å². The summed E-state index contributed by atoms with van der Waals surface area (Å²) in [6.07, 6.45) is 0. The number of rotatable bonds is 1.